The van der Waals surface area contributed by atoms with Crippen LogP contribution in [0.3, 0.4) is 0 Å². The Balaban J connectivity index is 2.32. The van der Waals surface area contributed by atoms with Crippen molar-refractivity contribution in [1.29, 1.82) is 0 Å². The Kier molecular flexibility index (Phi) is 5.59. The van der Waals surface area contributed by atoms with Gasteiger partial charge < -0.3 is 16.4 Å². The maximum absolute atomic E-state index is 11.8. The van der Waals surface area contributed by atoms with Gasteiger partial charge in [0.05, 0.1) is 6.04 Å². The molecule has 5 nitrogen and oxygen atoms in total. The summed E-state index contributed by atoms with van der Waals surface area (Å²) >= 11 is 0. The smallest absolute Gasteiger partial charge is 0.237 e. The lowest BCUT2D eigenvalue weighted by atomic mass is 9.98. The van der Waals surface area contributed by atoms with Gasteiger partial charge in [0.15, 0.2) is 0 Å². The van der Waals surface area contributed by atoms with Gasteiger partial charge in [-0.3, -0.25) is 9.59 Å². The van der Waals surface area contributed by atoms with Gasteiger partial charge in [0.1, 0.15) is 0 Å². The zero-order chi connectivity index (χ0) is 13.7. The second-order valence-corrected chi connectivity index (χ2v) is 5.66. The van der Waals surface area contributed by atoms with Crippen LogP contribution in [0, 0.1) is 11.8 Å². The van der Waals surface area contributed by atoms with Gasteiger partial charge in [-0.25, -0.2) is 0 Å². The van der Waals surface area contributed by atoms with Gasteiger partial charge in [0, 0.05) is 18.5 Å². The average molecular weight is 255 g/mol. The van der Waals surface area contributed by atoms with Crippen LogP contribution in [0.15, 0.2) is 0 Å². The summed E-state index contributed by atoms with van der Waals surface area (Å²) in [5.41, 5.74) is 5.81. The fourth-order valence-electron chi connectivity index (χ4n) is 2.32. The van der Waals surface area contributed by atoms with Crippen LogP contribution in [0.2, 0.25) is 0 Å². The average Bonchev–Trinajstić information content (AvgIpc) is 2.63. The Hall–Kier alpha value is -1.10. The molecule has 5 heteroatoms. The maximum atomic E-state index is 11.8. The van der Waals surface area contributed by atoms with Crippen LogP contribution in [0.1, 0.15) is 40.0 Å². The summed E-state index contributed by atoms with van der Waals surface area (Å²) in [6.07, 6.45) is 2.23. The summed E-state index contributed by atoms with van der Waals surface area (Å²) in [4.78, 5) is 23.2. The fourth-order valence-corrected chi connectivity index (χ4v) is 2.32. The molecule has 0 aliphatic carbocycles. The highest BCUT2D eigenvalue weighted by atomic mass is 16.2. The number of nitrogens with two attached hydrogens (primary N) is 1. The molecule has 1 heterocycles. The third-order valence-electron chi connectivity index (χ3n) is 3.25. The molecule has 2 amide bonds. The fraction of sp³-hybridized carbons (Fsp3) is 0.846. The van der Waals surface area contributed by atoms with Gasteiger partial charge in [-0.05, 0) is 32.1 Å². The standard InChI is InChI=1S/C13H25N3O2/c1-8(2)6-11(14)13(18)16-9(3)7-10-4-5-15-12(10)17/h8-11H,4-7,14H2,1-3H3,(H,15,17)(H,16,18)/t9-,10+,11+/m1/s1. The van der Waals surface area contributed by atoms with E-state index >= 15 is 0 Å². The van der Waals surface area contributed by atoms with Crippen molar-refractivity contribution in [3.8, 4) is 0 Å². The molecule has 1 saturated heterocycles. The van der Waals surface area contributed by atoms with E-state index in [0.29, 0.717) is 18.8 Å². The van der Waals surface area contributed by atoms with Gasteiger partial charge in [0.2, 0.25) is 11.8 Å². The molecule has 0 aromatic heterocycles. The molecule has 4 N–H and O–H groups in total. The molecule has 0 spiro atoms. The summed E-state index contributed by atoms with van der Waals surface area (Å²) in [5, 5.41) is 5.69. The van der Waals surface area contributed by atoms with E-state index in [1.807, 2.05) is 20.8 Å². The monoisotopic (exact) mass is 255 g/mol. The molecule has 1 aliphatic rings. The Labute approximate surface area is 109 Å². The second-order valence-electron chi connectivity index (χ2n) is 5.66. The Morgan fingerprint density at radius 2 is 2.17 bits per heavy atom. The quantitative estimate of drug-likeness (QED) is 0.642. The van der Waals surface area contributed by atoms with Crippen LogP contribution >= 0.6 is 0 Å². The van der Waals surface area contributed by atoms with Crippen molar-refractivity contribution in [1.82, 2.24) is 10.6 Å². The van der Waals surface area contributed by atoms with Gasteiger partial charge in [0.25, 0.3) is 0 Å². The number of hydrogen-bond donors (Lipinski definition) is 3. The number of carbonyl (C=O) groups is 2. The van der Waals surface area contributed by atoms with E-state index in [2.05, 4.69) is 10.6 Å². The predicted octanol–water partition coefficient (Wildman–Crippen LogP) is 0.391. The van der Waals surface area contributed by atoms with Gasteiger partial charge in [-0.1, -0.05) is 13.8 Å². The zero-order valence-electron chi connectivity index (χ0n) is 11.5. The minimum absolute atomic E-state index is 0.00966. The molecule has 104 valence electrons. The van der Waals surface area contributed by atoms with E-state index < -0.39 is 6.04 Å². The highest BCUT2D eigenvalue weighted by Gasteiger charge is 2.26. The van der Waals surface area contributed by atoms with Crippen LogP contribution < -0.4 is 16.4 Å². The molecular formula is C13H25N3O2. The highest BCUT2D eigenvalue weighted by molar-refractivity contribution is 5.82. The topological polar surface area (TPSA) is 84.2 Å². The molecule has 0 bridgehead atoms. The van der Waals surface area contributed by atoms with E-state index in [9.17, 15) is 9.59 Å². The Morgan fingerprint density at radius 3 is 2.67 bits per heavy atom. The van der Waals surface area contributed by atoms with Crippen molar-refractivity contribution < 1.29 is 9.59 Å². The van der Waals surface area contributed by atoms with Gasteiger partial charge >= 0.3 is 0 Å². The third-order valence-corrected chi connectivity index (χ3v) is 3.25. The number of hydrogen-bond acceptors (Lipinski definition) is 3. The summed E-state index contributed by atoms with van der Waals surface area (Å²) in [6.45, 7) is 6.75. The van der Waals surface area contributed by atoms with E-state index in [0.717, 1.165) is 13.0 Å². The van der Waals surface area contributed by atoms with E-state index in [1.165, 1.54) is 0 Å². The Bertz CT molecular complexity index is 305. The lowest BCUT2D eigenvalue weighted by molar-refractivity contribution is -0.125. The minimum atomic E-state index is -0.454. The molecular weight excluding hydrogens is 230 g/mol. The molecule has 0 unspecified atom stereocenters. The number of carbonyl (C=O) groups excluding carboxylic acids is 2. The summed E-state index contributed by atoms with van der Waals surface area (Å²) < 4.78 is 0. The summed E-state index contributed by atoms with van der Waals surface area (Å²) in [6, 6.07) is -0.464. The lowest BCUT2D eigenvalue weighted by Crippen LogP contribution is -2.45. The normalized spacial score (nSPS) is 22.7. The molecule has 0 aromatic rings. The molecule has 0 saturated carbocycles. The second kappa shape index (κ2) is 6.73. The molecule has 3 atom stereocenters. The highest BCUT2D eigenvalue weighted by Crippen LogP contribution is 2.16. The van der Waals surface area contributed by atoms with Gasteiger partial charge in [-0.2, -0.15) is 0 Å². The number of amides is 2. The minimum Gasteiger partial charge on any atom is -0.356 e. The van der Waals surface area contributed by atoms with Crippen molar-refractivity contribution in [3.05, 3.63) is 0 Å². The number of rotatable bonds is 6. The Morgan fingerprint density at radius 1 is 1.50 bits per heavy atom. The van der Waals surface area contributed by atoms with E-state index in [4.69, 9.17) is 5.73 Å². The van der Waals surface area contributed by atoms with Crippen molar-refractivity contribution in [2.75, 3.05) is 6.54 Å². The molecule has 0 radical (unpaired) electrons. The maximum Gasteiger partial charge on any atom is 0.237 e. The van der Waals surface area contributed by atoms with Crippen LogP contribution in [0.5, 0.6) is 0 Å². The van der Waals surface area contributed by atoms with E-state index in [1.54, 1.807) is 0 Å². The first-order valence-corrected chi connectivity index (χ1v) is 6.73. The summed E-state index contributed by atoms with van der Waals surface area (Å²) in [5.74, 6) is 0.417. The van der Waals surface area contributed by atoms with Crippen LogP contribution in [-0.4, -0.2) is 30.4 Å². The predicted molar refractivity (Wildman–Crippen MR) is 70.8 cm³/mol. The first kappa shape index (κ1) is 15.0. The number of nitrogens with one attached hydrogen (secondary N) is 2. The summed E-state index contributed by atoms with van der Waals surface area (Å²) in [7, 11) is 0. The third kappa shape index (κ3) is 4.64. The molecule has 0 aromatic carbocycles. The van der Waals surface area contributed by atoms with Crippen LogP contribution in [0.25, 0.3) is 0 Å². The van der Waals surface area contributed by atoms with Crippen molar-refractivity contribution in [2.45, 2.75) is 52.1 Å². The molecule has 1 fully saturated rings. The molecule has 18 heavy (non-hydrogen) atoms. The first-order valence-electron chi connectivity index (χ1n) is 6.73. The van der Waals surface area contributed by atoms with Crippen LogP contribution in [-0.2, 0) is 9.59 Å². The SMILES string of the molecule is CC(C)C[C@H](N)C(=O)N[C@H](C)C[C@@H]1CCNC1=O. The zero-order valence-corrected chi connectivity index (χ0v) is 11.5. The molecule has 1 aliphatic heterocycles. The van der Waals surface area contributed by atoms with Crippen molar-refractivity contribution in [3.63, 3.8) is 0 Å². The van der Waals surface area contributed by atoms with E-state index in [-0.39, 0.29) is 23.8 Å². The van der Waals surface area contributed by atoms with Crippen molar-refractivity contribution in [2.24, 2.45) is 17.6 Å². The first-order chi connectivity index (χ1) is 8.40. The lowest BCUT2D eigenvalue weighted by Gasteiger charge is -2.20. The molecule has 1 rings (SSSR count). The van der Waals surface area contributed by atoms with Gasteiger partial charge in [-0.15, -0.1) is 0 Å². The van der Waals surface area contributed by atoms with Crippen molar-refractivity contribution >= 4 is 11.8 Å². The van der Waals surface area contributed by atoms with Crippen LogP contribution in [0.4, 0.5) is 0 Å². The largest absolute Gasteiger partial charge is 0.356 e.